The standard InChI is InChI=1S/C24H17F6N5O2S2/c25-23(26,27)14-5-3-6-15(11-14)35-19(12-31-21(37)18-9-4-10-38-18)33-34-22(35)39-13-20(36)32-17-8-2-1-7-16(17)24(28,29)30/h1-11H,12-13H2,(H,31,37)(H,32,36). The van der Waals surface area contributed by atoms with Crippen LogP contribution in [0.5, 0.6) is 0 Å². The van der Waals surface area contributed by atoms with Crippen molar-refractivity contribution in [2.45, 2.75) is 24.1 Å². The van der Waals surface area contributed by atoms with E-state index >= 15 is 0 Å². The second-order valence-electron chi connectivity index (χ2n) is 7.82. The van der Waals surface area contributed by atoms with E-state index < -0.39 is 46.7 Å². The topological polar surface area (TPSA) is 88.9 Å². The summed E-state index contributed by atoms with van der Waals surface area (Å²) in [6.45, 7) is -0.203. The van der Waals surface area contributed by atoms with Crippen molar-refractivity contribution >= 4 is 40.6 Å². The number of thiophene rings is 1. The Morgan fingerprint density at radius 3 is 2.38 bits per heavy atom. The van der Waals surface area contributed by atoms with Gasteiger partial charge in [-0.05, 0) is 41.8 Å². The number of rotatable bonds is 8. The SMILES string of the molecule is O=C(CSc1nnc(CNC(=O)c2cccs2)n1-c1cccc(C(F)(F)F)c1)Nc1ccccc1C(F)(F)F. The monoisotopic (exact) mass is 585 g/mol. The summed E-state index contributed by atoms with van der Waals surface area (Å²) in [5.74, 6) is -1.59. The minimum atomic E-state index is -4.69. The Bertz CT molecular complexity index is 1470. The van der Waals surface area contributed by atoms with E-state index in [-0.39, 0.29) is 23.2 Å². The molecule has 2 N–H and O–H groups in total. The molecule has 204 valence electrons. The molecular formula is C24H17F6N5O2S2. The Balaban J connectivity index is 1.57. The van der Waals surface area contributed by atoms with Crippen molar-refractivity contribution in [3.63, 3.8) is 0 Å². The lowest BCUT2D eigenvalue weighted by molar-refractivity contribution is -0.138. The minimum Gasteiger partial charge on any atom is -0.344 e. The number of nitrogens with one attached hydrogen (secondary N) is 2. The third kappa shape index (κ3) is 6.97. The number of halogens is 6. The van der Waals surface area contributed by atoms with E-state index in [9.17, 15) is 35.9 Å². The largest absolute Gasteiger partial charge is 0.418 e. The van der Waals surface area contributed by atoms with E-state index in [0.717, 1.165) is 36.0 Å². The molecular weight excluding hydrogens is 568 g/mol. The fraction of sp³-hybridized carbons (Fsp3) is 0.167. The van der Waals surface area contributed by atoms with Gasteiger partial charge in [0.2, 0.25) is 5.91 Å². The summed E-state index contributed by atoms with van der Waals surface area (Å²) < 4.78 is 81.1. The molecule has 4 aromatic rings. The summed E-state index contributed by atoms with van der Waals surface area (Å²) >= 11 is 1.95. The van der Waals surface area contributed by atoms with Gasteiger partial charge in [-0.15, -0.1) is 21.5 Å². The van der Waals surface area contributed by atoms with Gasteiger partial charge in [-0.3, -0.25) is 14.2 Å². The van der Waals surface area contributed by atoms with Crippen LogP contribution in [0.1, 0.15) is 26.6 Å². The van der Waals surface area contributed by atoms with E-state index in [0.29, 0.717) is 4.88 Å². The molecule has 39 heavy (non-hydrogen) atoms. The second kappa shape index (κ2) is 11.5. The Morgan fingerprint density at radius 1 is 0.923 bits per heavy atom. The highest BCUT2D eigenvalue weighted by Crippen LogP contribution is 2.35. The molecule has 0 fully saturated rings. The maximum Gasteiger partial charge on any atom is 0.418 e. The van der Waals surface area contributed by atoms with Crippen molar-refractivity contribution in [3.05, 3.63) is 87.9 Å². The number of amides is 2. The van der Waals surface area contributed by atoms with Crippen molar-refractivity contribution in [1.29, 1.82) is 0 Å². The van der Waals surface area contributed by atoms with E-state index in [1.54, 1.807) is 17.5 Å². The molecule has 4 rings (SSSR count). The lowest BCUT2D eigenvalue weighted by atomic mass is 10.1. The fourth-order valence-electron chi connectivity index (χ4n) is 3.40. The Labute approximate surface area is 225 Å². The molecule has 0 bridgehead atoms. The van der Waals surface area contributed by atoms with Crippen molar-refractivity contribution in [2.24, 2.45) is 0 Å². The fourth-order valence-corrected chi connectivity index (χ4v) is 4.81. The summed E-state index contributed by atoms with van der Waals surface area (Å²) in [5, 5.41) is 14.4. The van der Waals surface area contributed by atoms with Gasteiger partial charge in [0.1, 0.15) is 0 Å². The van der Waals surface area contributed by atoms with Crippen LogP contribution in [0.3, 0.4) is 0 Å². The molecule has 2 aromatic carbocycles. The average Bonchev–Trinajstić information content (AvgIpc) is 3.56. The van der Waals surface area contributed by atoms with Crippen molar-refractivity contribution in [1.82, 2.24) is 20.1 Å². The zero-order valence-electron chi connectivity index (χ0n) is 19.5. The summed E-state index contributed by atoms with van der Waals surface area (Å²) in [4.78, 5) is 25.3. The molecule has 2 heterocycles. The van der Waals surface area contributed by atoms with E-state index in [2.05, 4.69) is 20.8 Å². The molecule has 0 unspecified atom stereocenters. The first kappa shape index (κ1) is 28.2. The van der Waals surface area contributed by atoms with E-state index in [1.165, 1.54) is 40.2 Å². The molecule has 2 aromatic heterocycles. The van der Waals surface area contributed by atoms with Gasteiger partial charge in [0, 0.05) is 0 Å². The third-order valence-electron chi connectivity index (χ3n) is 5.12. The van der Waals surface area contributed by atoms with Gasteiger partial charge in [0.05, 0.1) is 39.7 Å². The van der Waals surface area contributed by atoms with Gasteiger partial charge in [-0.25, -0.2) is 0 Å². The first-order chi connectivity index (χ1) is 18.4. The number of para-hydroxylation sites is 1. The van der Waals surface area contributed by atoms with Gasteiger partial charge >= 0.3 is 12.4 Å². The number of hydrogen-bond donors (Lipinski definition) is 2. The smallest absolute Gasteiger partial charge is 0.344 e. The number of hydrogen-bond acceptors (Lipinski definition) is 6. The molecule has 0 saturated carbocycles. The van der Waals surface area contributed by atoms with E-state index in [1.807, 2.05) is 0 Å². The van der Waals surface area contributed by atoms with E-state index in [4.69, 9.17) is 0 Å². The van der Waals surface area contributed by atoms with Crippen LogP contribution < -0.4 is 10.6 Å². The Morgan fingerprint density at radius 2 is 1.69 bits per heavy atom. The zero-order valence-corrected chi connectivity index (χ0v) is 21.1. The van der Waals surface area contributed by atoms with Crippen molar-refractivity contribution in [2.75, 3.05) is 11.1 Å². The highest BCUT2D eigenvalue weighted by atomic mass is 32.2. The van der Waals surface area contributed by atoms with Gasteiger partial charge in [0.15, 0.2) is 11.0 Å². The number of nitrogens with zero attached hydrogens (tertiary/aromatic N) is 3. The normalized spacial score (nSPS) is 11.8. The van der Waals surface area contributed by atoms with Crippen LogP contribution in [-0.2, 0) is 23.7 Å². The van der Waals surface area contributed by atoms with Crippen molar-refractivity contribution in [3.8, 4) is 5.69 Å². The number of thioether (sulfide) groups is 1. The highest BCUT2D eigenvalue weighted by molar-refractivity contribution is 7.99. The maximum absolute atomic E-state index is 13.4. The number of alkyl halides is 6. The lowest BCUT2D eigenvalue weighted by Gasteiger charge is -2.14. The zero-order chi connectivity index (χ0) is 28.2. The summed E-state index contributed by atoms with van der Waals surface area (Å²) in [7, 11) is 0. The number of anilines is 1. The first-order valence-electron chi connectivity index (χ1n) is 11.0. The van der Waals surface area contributed by atoms with Crippen LogP contribution in [0.15, 0.2) is 71.2 Å². The van der Waals surface area contributed by atoms with Gasteiger partial charge in [0.25, 0.3) is 5.91 Å². The third-order valence-corrected chi connectivity index (χ3v) is 6.92. The molecule has 0 aliphatic carbocycles. The molecule has 15 heteroatoms. The van der Waals surface area contributed by atoms with Gasteiger partial charge in [-0.2, -0.15) is 26.3 Å². The van der Waals surface area contributed by atoms with Crippen LogP contribution in [0.25, 0.3) is 5.69 Å². The number of carbonyl (C=O) groups is 2. The molecule has 0 radical (unpaired) electrons. The molecule has 0 spiro atoms. The summed E-state index contributed by atoms with van der Waals surface area (Å²) in [5.41, 5.74) is -2.40. The maximum atomic E-state index is 13.4. The molecule has 7 nitrogen and oxygen atoms in total. The predicted octanol–water partition coefficient (Wildman–Crippen LogP) is 6.03. The number of carbonyl (C=O) groups excluding carboxylic acids is 2. The average molecular weight is 586 g/mol. The molecule has 0 aliphatic rings. The quantitative estimate of drug-likeness (QED) is 0.195. The Hall–Kier alpha value is -3.85. The molecule has 0 atom stereocenters. The second-order valence-corrected chi connectivity index (χ2v) is 9.71. The van der Waals surface area contributed by atoms with Crippen LogP contribution in [0.4, 0.5) is 32.0 Å². The highest BCUT2D eigenvalue weighted by Gasteiger charge is 2.34. The number of benzene rings is 2. The van der Waals surface area contributed by atoms with Crippen LogP contribution in [0.2, 0.25) is 0 Å². The van der Waals surface area contributed by atoms with Gasteiger partial charge < -0.3 is 10.6 Å². The predicted molar refractivity (Wildman–Crippen MR) is 133 cm³/mol. The minimum absolute atomic E-state index is 0.00560. The number of aromatic nitrogens is 3. The van der Waals surface area contributed by atoms with Crippen LogP contribution in [-0.4, -0.2) is 32.3 Å². The summed E-state index contributed by atoms with van der Waals surface area (Å²) in [6, 6.07) is 12.0. The van der Waals surface area contributed by atoms with Crippen molar-refractivity contribution < 1.29 is 35.9 Å². The van der Waals surface area contributed by atoms with Crippen LogP contribution >= 0.6 is 23.1 Å². The Kier molecular flexibility index (Phi) is 8.30. The van der Waals surface area contributed by atoms with Gasteiger partial charge in [-0.1, -0.05) is 36.0 Å². The molecule has 2 amide bonds. The van der Waals surface area contributed by atoms with Crippen LogP contribution in [0, 0.1) is 0 Å². The lowest BCUT2D eigenvalue weighted by Crippen LogP contribution is -2.24. The molecule has 0 saturated heterocycles. The summed E-state index contributed by atoms with van der Waals surface area (Å²) in [6.07, 6.45) is -9.33. The molecule has 0 aliphatic heterocycles. The first-order valence-corrected chi connectivity index (χ1v) is 12.8.